The van der Waals surface area contributed by atoms with Gasteiger partial charge in [-0.2, -0.15) is 0 Å². The highest BCUT2D eigenvalue weighted by atomic mass is 32.1. The Balaban J connectivity index is 1.38. The van der Waals surface area contributed by atoms with Crippen LogP contribution >= 0.6 is 11.3 Å². The largest absolute Gasteiger partial charge is 0.375 e. The summed E-state index contributed by atoms with van der Waals surface area (Å²) in [6.45, 7) is 0.714. The number of thiazole rings is 1. The third-order valence-corrected chi connectivity index (χ3v) is 4.97. The molecule has 0 fully saturated rings. The number of carbonyl (C=O) groups excluding carboxylic acids is 1. The van der Waals surface area contributed by atoms with E-state index in [0.29, 0.717) is 17.4 Å². The topological polar surface area (TPSA) is 100 Å². The average Bonchev–Trinajstić information content (AvgIpc) is 3.11. The third kappa shape index (κ3) is 6.16. The van der Waals surface area contributed by atoms with Crippen LogP contribution in [0, 0.1) is 0 Å². The molecule has 1 amide bonds. The highest BCUT2D eigenvalue weighted by Crippen LogP contribution is 2.14. The number of aryl methyl sites for hydroxylation is 1. The highest BCUT2D eigenvalue weighted by Gasteiger charge is 2.08. The van der Waals surface area contributed by atoms with E-state index in [2.05, 4.69) is 15.6 Å². The van der Waals surface area contributed by atoms with E-state index in [1.54, 1.807) is 5.38 Å². The first-order valence-electron chi connectivity index (χ1n) is 9.15. The van der Waals surface area contributed by atoms with Crippen molar-refractivity contribution in [2.75, 3.05) is 17.6 Å². The van der Waals surface area contributed by atoms with Gasteiger partial charge in [-0.3, -0.25) is 10.1 Å². The molecule has 1 unspecified atom stereocenters. The molecule has 0 radical (unpaired) electrons. The molecular weight excluding hydrogens is 372 g/mol. The molecule has 0 bridgehead atoms. The number of nitrogen functional groups attached to an aromatic ring is 1. The van der Waals surface area contributed by atoms with Gasteiger partial charge in [0.05, 0.1) is 12.1 Å². The van der Waals surface area contributed by atoms with Crippen LogP contribution in [0.3, 0.4) is 0 Å². The van der Waals surface area contributed by atoms with E-state index >= 15 is 0 Å². The fraction of sp³-hybridized carbons (Fsp3) is 0.238. The number of nitrogens with one attached hydrogen (secondary N) is 2. The maximum Gasteiger partial charge on any atom is 0.230 e. The van der Waals surface area contributed by atoms with Crippen molar-refractivity contribution in [1.29, 1.82) is 0 Å². The van der Waals surface area contributed by atoms with Crippen molar-refractivity contribution in [3.63, 3.8) is 0 Å². The van der Waals surface area contributed by atoms with Gasteiger partial charge < -0.3 is 16.2 Å². The van der Waals surface area contributed by atoms with Gasteiger partial charge in [0.15, 0.2) is 5.13 Å². The van der Waals surface area contributed by atoms with Crippen molar-refractivity contribution in [2.45, 2.75) is 25.5 Å². The molecule has 2 aromatic carbocycles. The first kappa shape index (κ1) is 20.0. The van der Waals surface area contributed by atoms with Gasteiger partial charge in [0, 0.05) is 11.1 Å². The van der Waals surface area contributed by atoms with Crippen molar-refractivity contribution < 1.29 is 9.90 Å². The molecule has 6 nitrogen and oxygen atoms in total. The van der Waals surface area contributed by atoms with Crippen LogP contribution in [0.25, 0.3) is 0 Å². The van der Waals surface area contributed by atoms with Gasteiger partial charge in [0.1, 0.15) is 6.23 Å². The Labute approximate surface area is 168 Å². The summed E-state index contributed by atoms with van der Waals surface area (Å²) in [5.74, 6) is -0.114. The monoisotopic (exact) mass is 396 g/mol. The zero-order chi connectivity index (χ0) is 19.8. The van der Waals surface area contributed by atoms with Gasteiger partial charge in [0.2, 0.25) is 5.91 Å². The van der Waals surface area contributed by atoms with Gasteiger partial charge in [-0.15, -0.1) is 11.3 Å². The number of benzene rings is 2. The normalized spacial score (nSPS) is 11.9. The fourth-order valence-corrected chi connectivity index (χ4v) is 3.38. The zero-order valence-electron chi connectivity index (χ0n) is 15.5. The molecule has 3 rings (SSSR count). The van der Waals surface area contributed by atoms with E-state index < -0.39 is 6.23 Å². The smallest absolute Gasteiger partial charge is 0.230 e. The van der Waals surface area contributed by atoms with Crippen LogP contribution in [0.15, 0.2) is 60.0 Å². The van der Waals surface area contributed by atoms with Gasteiger partial charge in [-0.25, -0.2) is 4.98 Å². The Bertz CT molecular complexity index is 881. The van der Waals surface area contributed by atoms with E-state index in [-0.39, 0.29) is 12.3 Å². The maximum atomic E-state index is 12.0. The molecule has 0 aliphatic rings. The minimum absolute atomic E-state index is 0.114. The Morgan fingerprint density at radius 3 is 2.57 bits per heavy atom. The minimum atomic E-state index is -0.646. The lowest BCUT2D eigenvalue weighted by Crippen LogP contribution is -2.22. The lowest BCUT2D eigenvalue weighted by atomic mass is 10.1. The highest BCUT2D eigenvalue weighted by molar-refractivity contribution is 7.13. The van der Waals surface area contributed by atoms with Crippen LogP contribution in [0.4, 0.5) is 10.8 Å². The van der Waals surface area contributed by atoms with Crippen molar-refractivity contribution >= 4 is 28.1 Å². The molecule has 0 aliphatic carbocycles. The Hall–Kier alpha value is -2.74. The number of nitrogens with zero attached hydrogens (tertiary/aromatic N) is 1. The second-order valence-electron chi connectivity index (χ2n) is 6.47. The molecule has 28 heavy (non-hydrogen) atoms. The quantitative estimate of drug-likeness (QED) is 0.329. The number of aliphatic hydroxyl groups is 1. The van der Waals surface area contributed by atoms with Crippen molar-refractivity contribution in [3.05, 3.63) is 76.8 Å². The average molecular weight is 397 g/mol. The number of aromatic nitrogens is 1. The first-order chi connectivity index (χ1) is 13.6. The van der Waals surface area contributed by atoms with E-state index in [1.165, 1.54) is 16.9 Å². The van der Waals surface area contributed by atoms with Gasteiger partial charge in [-0.05, 0) is 42.6 Å². The molecule has 1 atom stereocenters. The number of aliphatic hydroxyl groups excluding tert-OH is 1. The molecule has 0 spiro atoms. The number of amides is 1. The Morgan fingerprint density at radius 2 is 1.89 bits per heavy atom. The van der Waals surface area contributed by atoms with Crippen molar-refractivity contribution in [1.82, 2.24) is 10.3 Å². The van der Waals surface area contributed by atoms with Crippen LogP contribution in [0.1, 0.15) is 29.5 Å². The number of hydrogen-bond acceptors (Lipinski definition) is 6. The Morgan fingerprint density at radius 1 is 1.14 bits per heavy atom. The molecule has 146 valence electrons. The van der Waals surface area contributed by atoms with Gasteiger partial charge in [0.25, 0.3) is 0 Å². The van der Waals surface area contributed by atoms with Crippen LogP contribution < -0.4 is 16.4 Å². The standard InChI is InChI=1S/C21H24N4O2S/c22-21-25-18(14-28-21)13-19(26)24-17-10-8-15(9-11-17)5-4-12-23-20(27)16-6-2-1-3-7-16/h1-3,6-11,14,20,23,27H,4-5,12-13H2,(H2,22,25)(H,24,26). The van der Waals surface area contributed by atoms with Crippen molar-refractivity contribution in [3.8, 4) is 0 Å². The summed E-state index contributed by atoms with van der Waals surface area (Å²) in [5, 5.41) is 18.3. The summed E-state index contributed by atoms with van der Waals surface area (Å²) in [6, 6.07) is 17.3. The summed E-state index contributed by atoms with van der Waals surface area (Å²) in [6.07, 6.45) is 1.36. The molecule has 0 saturated carbocycles. The van der Waals surface area contributed by atoms with Crippen LogP contribution in [-0.4, -0.2) is 22.5 Å². The van der Waals surface area contributed by atoms with E-state index in [4.69, 9.17) is 5.73 Å². The molecule has 1 heterocycles. The van der Waals surface area contributed by atoms with Crippen molar-refractivity contribution in [2.24, 2.45) is 0 Å². The van der Waals surface area contributed by atoms with Crippen LogP contribution in [-0.2, 0) is 17.6 Å². The molecular formula is C21H24N4O2S. The minimum Gasteiger partial charge on any atom is -0.375 e. The van der Waals surface area contributed by atoms with Gasteiger partial charge in [-0.1, -0.05) is 42.5 Å². The lowest BCUT2D eigenvalue weighted by molar-refractivity contribution is -0.115. The predicted molar refractivity (Wildman–Crippen MR) is 113 cm³/mol. The maximum absolute atomic E-state index is 12.0. The first-order valence-corrected chi connectivity index (χ1v) is 10.0. The summed E-state index contributed by atoms with van der Waals surface area (Å²) in [5.41, 5.74) is 9.06. The molecule has 7 heteroatoms. The van der Waals surface area contributed by atoms with E-state index in [1.807, 2.05) is 54.6 Å². The van der Waals surface area contributed by atoms with E-state index in [0.717, 1.165) is 24.1 Å². The second kappa shape index (κ2) is 9.98. The molecule has 0 saturated heterocycles. The predicted octanol–water partition coefficient (Wildman–Crippen LogP) is 3.12. The number of hydrogen-bond donors (Lipinski definition) is 4. The molecule has 3 aromatic rings. The number of anilines is 2. The van der Waals surface area contributed by atoms with Crippen LogP contribution in [0.5, 0.6) is 0 Å². The SMILES string of the molecule is Nc1nc(CC(=O)Nc2ccc(CCCNC(O)c3ccccc3)cc2)cs1. The summed E-state index contributed by atoms with van der Waals surface area (Å²) >= 11 is 1.33. The Kier molecular flexibility index (Phi) is 7.13. The molecule has 1 aromatic heterocycles. The zero-order valence-corrected chi connectivity index (χ0v) is 16.3. The molecule has 5 N–H and O–H groups in total. The van der Waals surface area contributed by atoms with Gasteiger partial charge >= 0.3 is 0 Å². The summed E-state index contributed by atoms with van der Waals surface area (Å²) in [4.78, 5) is 16.1. The number of carbonyl (C=O) groups is 1. The third-order valence-electron chi connectivity index (χ3n) is 4.24. The number of rotatable bonds is 9. The fourth-order valence-electron chi connectivity index (χ4n) is 2.81. The number of nitrogens with two attached hydrogens (primary N) is 1. The summed E-state index contributed by atoms with van der Waals surface area (Å²) in [7, 11) is 0. The molecule has 0 aliphatic heterocycles. The summed E-state index contributed by atoms with van der Waals surface area (Å²) < 4.78 is 0. The second-order valence-corrected chi connectivity index (χ2v) is 7.36. The van der Waals surface area contributed by atoms with E-state index in [9.17, 15) is 9.90 Å². The lowest BCUT2D eigenvalue weighted by Gasteiger charge is -2.13. The van der Waals surface area contributed by atoms with Crippen LogP contribution in [0.2, 0.25) is 0 Å².